The molecule has 2 fully saturated rings. The fourth-order valence-corrected chi connectivity index (χ4v) is 3.89. The smallest absolute Gasteiger partial charge is 0.125 e. The number of halogens is 1. The minimum absolute atomic E-state index is 0.0783. The van der Waals surface area contributed by atoms with Crippen LogP contribution in [0.2, 0.25) is 0 Å². The van der Waals surface area contributed by atoms with Gasteiger partial charge in [0.05, 0.1) is 0 Å². The van der Waals surface area contributed by atoms with Crippen molar-refractivity contribution in [2.24, 2.45) is 0 Å². The normalized spacial score (nSPS) is 24.9. The second kappa shape index (κ2) is 4.48. The molecule has 3 rings (SSSR count). The number of benzene rings is 1. The van der Waals surface area contributed by atoms with Crippen LogP contribution in [0.4, 0.5) is 10.1 Å². The van der Waals surface area contributed by atoms with E-state index in [1.165, 1.54) is 31.7 Å². The third-order valence-electron chi connectivity index (χ3n) is 4.42. The molecule has 1 saturated heterocycles. The zero-order valence-electron chi connectivity index (χ0n) is 11.9. The lowest BCUT2D eigenvalue weighted by Crippen LogP contribution is -2.68. The van der Waals surface area contributed by atoms with Crippen molar-refractivity contribution in [3.05, 3.63) is 30.1 Å². The number of rotatable bonds is 1. The van der Waals surface area contributed by atoms with E-state index < -0.39 is 0 Å². The molecule has 1 aromatic rings. The standard InChI is InChI=1S/C16H23FN2/c1-15(2)11-19(14-7-5-6-13(17)10-14)12-16(18-15)8-3-4-9-16/h5-7,10,18H,3-4,8-9,11-12H2,1-2H3. The van der Waals surface area contributed by atoms with Crippen LogP contribution in [0, 0.1) is 5.82 Å². The first-order chi connectivity index (χ1) is 8.98. The molecule has 1 aliphatic carbocycles. The van der Waals surface area contributed by atoms with Crippen LogP contribution in [-0.4, -0.2) is 24.2 Å². The Morgan fingerprint density at radius 1 is 1.16 bits per heavy atom. The van der Waals surface area contributed by atoms with Gasteiger partial charge < -0.3 is 10.2 Å². The molecule has 0 bridgehead atoms. The highest BCUT2D eigenvalue weighted by Gasteiger charge is 2.44. The summed E-state index contributed by atoms with van der Waals surface area (Å²) in [6.07, 6.45) is 5.09. The molecular formula is C16H23FN2. The van der Waals surface area contributed by atoms with Gasteiger partial charge in [-0.3, -0.25) is 0 Å². The Balaban J connectivity index is 1.89. The summed E-state index contributed by atoms with van der Waals surface area (Å²) in [5.41, 5.74) is 1.32. The van der Waals surface area contributed by atoms with E-state index in [2.05, 4.69) is 24.1 Å². The van der Waals surface area contributed by atoms with E-state index in [1.54, 1.807) is 12.1 Å². The third kappa shape index (κ3) is 2.62. The van der Waals surface area contributed by atoms with Crippen LogP contribution in [0.15, 0.2) is 24.3 Å². The van der Waals surface area contributed by atoms with Crippen molar-refractivity contribution in [1.29, 1.82) is 0 Å². The van der Waals surface area contributed by atoms with E-state index >= 15 is 0 Å². The lowest BCUT2D eigenvalue weighted by Gasteiger charge is -2.50. The first-order valence-corrected chi connectivity index (χ1v) is 7.28. The maximum atomic E-state index is 13.4. The van der Waals surface area contributed by atoms with Crippen molar-refractivity contribution in [3.63, 3.8) is 0 Å². The van der Waals surface area contributed by atoms with E-state index in [4.69, 9.17) is 0 Å². The monoisotopic (exact) mass is 262 g/mol. The average Bonchev–Trinajstić information content (AvgIpc) is 2.74. The first kappa shape index (κ1) is 12.9. The number of nitrogens with one attached hydrogen (secondary N) is 1. The number of hydrogen-bond acceptors (Lipinski definition) is 2. The maximum absolute atomic E-state index is 13.4. The van der Waals surface area contributed by atoms with Crippen LogP contribution >= 0.6 is 0 Å². The fourth-order valence-electron chi connectivity index (χ4n) is 3.89. The van der Waals surface area contributed by atoms with Crippen LogP contribution in [0.3, 0.4) is 0 Å². The van der Waals surface area contributed by atoms with Crippen molar-refractivity contribution >= 4 is 5.69 Å². The molecule has 104 valence electrons. The van der Waals surface area contributed by atoms with Crippen molar-refractivity contribution in [1.82, 2.24) is 5.32 Å². The van der Waals surface area contributed by atoms with Gasteiger partial charge in [-0.15, -0.1) is 0 Å². The molecule has 1 saturated carbocycles. The van der Waals surface area contributed by atoms with E-state index in [1.807, 2.05) is 6.07 Å². The van der Waals surface area contributed by atoms with Gasteiger partial charge in [-0.25, -0.2) is 4.39 Å². The summed E-state index contributed by atoms with van der Waals surface area (Å²) < 4.78 is 13.4. The second-order valence-electron chi connectivity index (χ2n) is 6.83. The third-order valence-corrected chi connectivity index (χ3v) is 4.42. The van der Waals surface area contributed by atoms with Gasteiger partial charge in [0.2, 0.25) is 0 Å². The van der Waals surface area contributed by atoms with Crippen molar-refractivity contribution in [2.45, 2.75) is 50.6 Å². The van der Waals surface area contributed by atoms with Gasteiger partial charge in [-0.2, -0.15) is 0 Å². The van der Waals surface area contributed by atoms with E-state index in [9.17, 15) is 4.39 Å². The van der Waals surface area contributed by atoms with Gasteiger partial charge in [0, 0.05) is 29.9 Å². The SMILES string of the molecule is CC1(C)CN(c2cccc(F)c2)CC2(CCCC2)N1. The summed E-state index contributed by atoms with van der Waals surface area (Å²) in [4.78, 5) is 2.35. The van der Waals surface area contributed by atoms with Crippen molar-refractivity contribution < 1.29 is 4.39 Å². The molecule has 0 radical (unpaired) electrons. The second-order valence-corrected chi connectivity index (χ2v) is 6.83. The lowest BCUT2D eigenvalue weighted by atomic mass is 9.87. The van der Waals surface area contributed by atoms with Gasteiger partial charge in [0.15, 0.2) is 0 Å². The summed E-state index contributed by atoms with van der Waals surface area (Å²) in [6.45, 7) is 6.43. The van der Waals surface area contributed by atoms with Crippen LogP contribution in [0.5, 0.6) is 0 Å². The van der Waals surface area contributed by atoms with Gasteiger partial charge in [0.25, 0.3) is 0 Å². The Morgan fingerprint density at radius 2 is 1.89 bits per heavy atom. The zero-order chi connectivity index (χ0) is 13.5. The van der Waals surface area contributed by atoms with Crippen LogP contribution < -0.4 is 10.2 Å². The molecule has 0 atom stereocenters. The minimum Gasteiger partial charge on any atom is -0.368 e. The Bertz CT molecular complexity index is 464. The summed E-state index contributed by atoms with van der Waals surface area (Å²) in [5, 5.41) is 3.85. The topological polar surface area (TPSA) is 15.3 Å². The van der Waals surface area contributed by atoms with Gasteiger partial charge in [-0.1, -0.05) is 18.9 Å². The van der Waals surface area contributed by atoms with E-state index in [0.29, 0.717) is 0 Å². The predicted molar refractivity (Wildman–Crippen MR) is 77.0 cm³/mol. The molecule has 0 unspecified atom stereocenters. The Morgan fingerprint density at radius 3 is 2.58 bits per heavy atom. The minimum atomic E-state index is -0.144. The largest absolute Gasteiger partial charge is 0.368 e. The fraction of sp³-hybridized carbons (Fsp3) is 0.625. The summed E-state index contributed by atoms with van der Waals surface area (Å²) >= 11 is 0. The molecule has 1 aliphatic heterocycles. The average molecular weight is 262 g/mol. The van der Waals surface area contributed by atoms with Crippen molar-refractivity contribution in [3.8, 4) is 0 Å². The molecule has 2 aliphatic rings. The molecule has 1 aromatic carbocycles. The highest BCUT2D eigenvalue weighted by molar-refractivity contribution is 5.48. The van der Waals surface area contributed by atoms with Crippen LogP contribution in [0.1, 0.15) is 39.5 Å². The van der Waals surface area contributed by atoms with Crippen molar-refractivity contribution in [2.75, 3.05) is 18.0 Å². The number of piperazine rings is 1. The Labute approximate surface area is 115 Å². The number of nitrogens with zero attached hydrogens (tertiary/aromatic N) is 1. The quantitative estimate of drug-likeness (QED) is 0.835. The van der Waals surface area contributed by atoms with E-state index in [0.717, 1.165) is 18.8 Å². The first-order valence-electron chi connectivity index (χ1n) is 7.28. The molecule has 1 heterocycles. The van der Waals surface area contributed by atoms with E-state index in [-0.39, 0.29) is 16.9 Å². The highest BCUT2D eigenvalue weighted by atomic mass is 19.1. The number of hydrogen-bond donors (Lipinski definition) is 1. The molecule has 19 heavy (non-hydrogen) atoms. The van der Waals surface area contributed by atoms with Crippen LogP contribution in [-0.2, 0) is 0 Å². The Hall–Kier alpha value is -1.09. The summed E-state index contributed by atoms with van der Waals surface area (Å²) in [6, 6.07) is 7.00. The highest BCUT2D eigenvalue weighted by Crippen LogP contribution is 2.37. The summed E-state index contributed by atoms with van der Waals surface area (Å²) in [7, 11) is 0. The summed E-state index contributed by atoms with van der Waals surface area (Å²) in [5.74, 6) is -0.144. The molecule has 3 heteroatoms. The molecule has 1 spiro atoms. The lowest BCUT2D eigenvalue weighted by molar-refractivity contribution is 0.197. The molecule has 1 N–H and O–H groups in total. The maximum Gasteiger partial charge on any atom is 0.125 e. The molecular weight excluding hydrogens is 239 g/mol. The van der Waals surface area contributed by atoms with Crippen LogP contribution in [0.25, 0.3) is 0 Å². The van der Waals surface area contributed by atoms with Gasteiger partial charge >= 0.3 is 0 Å². The van der Waals surface area contributed by atoms with Gasteiger partial charge in [-0.05, 0) is 44.9 Å². The number of anilines is 1. The van der Waals surface area contributed by atoms with Gasteiger partial charge in [0.1, 0.15) is 5.82 Å². The zero-order valence-corrected chi connectivity index (χ0v) is 11.9. The molecule has 2 nitrogen and oxygen atoms in total. The Kier molecular flexibility index (Phi) is 3.05. The molecule has 0 aromatic heterocycles. The molecule has 0 amide bonds. The predicted octanol–water partition coefficient (Wildman–Crippen LogP) is 3.33.